The highest BCUT2D eigenvalue weighted by Crippen LogP contribution is 2.14. The molecule has 0 saturated carbocycles. The Morgan fingerprint density at radius 2 is 1.57 bits per heavy atom. The van der Waals surface area contributed by atoms with Crippen LogP contribution in [0.3, 0.4) is 0 Å². The molecule has 9 nitrogen and oxygen atoms in total. The second-order valence-corrected chi connectivity index (χ2v) is 5.27. The van der Waals surface area contributed by atoms with E-state index in [9.17, 15) is 19.2 Å². The van der Waals surface area contributed by atoms with Gasteiger partial charge in [0.05, 0.1) is 12.8 Å². The van der Waals surface area contributed by atoms with Crippen molar-refractivity contribution in [3.8, 4) is 0 Å². The van der Waals surface area contributed by atoms with Crippen LogP contribution < -0.4 is 0 Å². The predicted octanol–water partition coefficient (Wildman–Crippen LogP) is 0.626. The number of carbonyl (C=O) groups is 4. The summed E-state index contributed by atoms with van der Waals surface area (Å²) in [6, 6.07) is -1.70. The molecule has 0 spiro atoms. The van der Waals surface area contributed by atoms with Gasteiger partial charge in [-0.3, -0.25) is 14.5 Å². The first-order valence-electron chi connectivity index (χ1n) is 6.10. The molecule has 3 N–H and O–H groups in total. The standard InChI is InChI=1S/C12H19NO8/c1-12(2,3)21-11(20)13(5-4-8(14)15)7(10(18)19)6-9(16)17/h7H,4-6H2,1-3H3,(H,14,15)(H,16,17)(H,18,19). The topological polar surface area (TPSA) is 141 Å². The molecule has 0 aliphatic carbocycles. The predicted molar refractivity (Wildman–Crippen MR) is 68.9 cm³/mol. The largest absolute Gasteiger partial charge is 0.481 e. The Morgan fingerprint density at radius 3 is 1.90 bits per heavy atom. The third kappa shape index (κ3) is 7.75. The van der Waals surface area contributed by atoms with Crippen LogP contribution in [0, 0.1) is 0 Å². The zero-order valence-corrected chi connectivity index (χ0v) is 12.0. The molecule has 0 aromatic rings. The number of carbonyl (C=O) groups excluding carboxylic acids is 1. The van der Waals surface area contributed by atoms with Crippen molar-refractivity contribution in [1.82, 2.24) is 4.90 Å². The van der Waals surface area contributed by atoms with Gasteiger partial charge in [-0.15, -0.1) is 0 Å². The number of nitrogens with zero attached hydrogens (tertiary/aromatic N) is 1. The maximum Gasteiger partial charge on any atom is 0.411 e. The molecule has 21 heavy (non-hydrogen) atoms. The van der Waals surface area contributed by atoms with E-state index in [0.717, 1.165) is 0 Å². The highest BCUT2D eigenvalue weighted by molar-refractivity contribution is 5.85. The molecule has 0 heterocycles. The van der Waals surface area contributed by atoms with Crippen molar-refractivity contribution in [3.05, 3.63) is 0 Å². The molecule has 0 aliphatic rings. The first-order chi connectivity index (χ1) is 9.44. The van der Waals surface area contributed by atoms with Gasteiger partial charge in [0.1, 0.15) is 11.6 Å². The molecule has 0 saturated heterocycles. The van der Waals surface area contributed by atoms with Crippen molar-refractivity contribution >= 4 is 24.0 Å². The van der Waals surface area contributed by atoms with E-state index in [0.29, 0.717) is 4.90 Å². The molecule has 1 atom stereocenters. The third-order valence-electron chi connectivity index (χ3n) is 2.22. The zero-order chi connectivity index (χ0) is 16.8. The molecule has 0 fully saturated rings. The number of hydrogen-bond acceptors (Lipinski definition) is 5. The maximum atomic E-state index is 12.0. The number of hydrogen-bond donors (Lipinski definition) is 3. The number of aliphatic carboxylic acids is 3. The lowest BCUT2D eigenvalue weighted by Gasteiger charge is -2.30. The summed E-state index contributed by atoms with van der Waals surface area (Å²) >= 11 is 0. The monoisotopic (exact) mass is 305 g/mol. The van der Waals surface area contributed by atoms with Gasteiger partial charge < -0.3 is 20.1 Å². The Bertz CT molecular complexity index is 425. The number of carboxylic acid groups (broad SMARTS) is 3. The Balaban J connectivity index is 5.24. The molecular weight excluding hydrogens is 286 g/mol. The minimum atomic E-state index is -1.70. The van der Waals surface area contributed by atoms with Gasteiger partial charge in [-0.2, -0.15) is 0 Å². The van der Waals surface area contributed by atoms with Crippen LogP contribution in [-0.2, 0) is 19.1 Å². The molecule has 0 radical (unpaired) electrons. The normalized spacial score (nSPS) is 12.3. The summed E-state index contributed by atoms with van der Waals surface area (Å²) in [6.07, 6.45) is -2.45. The first kappa shape index (κ1) is 18.7. The molecular formula is C12H19NO8. The van der Waals surface area contributed by atoms with Gasteiger partial charge in [-0.25, -0.2) is 9.59 Å². The molecule has 9 heteroatoms. The molecule has 0 rings (SSSR count). The highest BCUT2D eigenvalue weighted by Gasteiger charge is 2.34. The fraction of sp³-hybridized carbons (Fsp3) is 0.667. The van der Waals surface area contributed by atoms with Crippen LogP contribution in [-0.4, -0.2) is 62.4 Å². The number of rotatable bonds is 7. The lowest BCUT2D eigenvalue weighted by molar-refractivity contribution is -0.150. The van der Waals surface area contributed by atoms with E-state index in [1.54, 1.807) is 20.8 Å². The Kier molecular flexibility index (Phi) is 6.64. The summed E-state index contributed by atoms with van der Waals surface area (Å²) in [6.45, 7) is 4.18. The van der Waals surface area contributed by atoms with Crippen molar-refractivity contribution in [3.63, 3.8) is 0 Å². The zero-order valence-electron chi connectivity index (χ0n) is 12.0. The third-order valence-corrected chi connectivity index (χ3v) is 2.22. The first-order valence-corrected chi connectivity index (χ1v) is 6.10. The van der Waals surface area contributed by atoms with Gasteiger partial charge in [0, 0.05) is 6.54 Å². The van der Waals surface area contributed by atoms with Crippen LogP contribution in [0.15, 0.2) is 0 Å². The van der Waals surface area contributed by atoms with Gasteiger partial charge in [0.25, 0.3) is 0 Å². The van der Waals surface area contributed by atoms with Crippen LogP contribution >= 0.6 is 0 Å². The second kappa shape index (κ2) is 7.46. The summed E-state index contributed by atoms with van der Waals surface area (Å²) < 4.78 is 4.98. The van der Waals surface area contributed by atoms with Crippen LogP contribution in [0.2, 0.25) is 0 Å². The van der Waals surface area contributed by atoms with Gasteiger partial charge in [0.2, 0.25) is 0 Å². The Labute approximate surface area is 121 Å². The van der Waals surface area contributed by atoms with E-state index in [2.05, 4.69) is 0 Å². The number of carboxylic acids is 3. The summed E-state index contributed by atoms with van der Waals surface area (Å²) in [5, 5.41) is 26.4. The lowest BCUT2D eigenvalue weighted by Crippen LogP contribution is -2.49. The van der Waals surface area contributed by atoms with E-state index in [1.807, 2.05) is 0 Å². The Hall–Kier alpha value is -2.32. The van der Waals surface area contributed by atoms with E-state index >= 15 is 0 Å². The summed E-state index contributed by atoms with van der Waals surface area (Å²) in [5.74, 6) is -4.22. The van der Waals surface area contributed by atoms with Crippen molar-refractivity contribution < 1.29 is 39.2 Å². The number of ether oxygens (including phenoxy) is 1. The smallest absolute Gasteiger partial charge is 0.411 e. The minimum Gasteiger partial charge on any atom is -0.481 e. The fourth-order valence-electron chi connectivity index (χ4n) is 1.41. The van der Waals surface area contributed by atoms with Crippen molar-refractivity contribution in [2.45, 2.75) is 45.3 Å². The summed E-state index contributed by atoms with van der Waals surface area (Å²) in [5.41, 5.74) is -0.926. The minimum absolute atomic E-state index is 0.464. The Morgan fingerprint density at radius 1 is 1.05 bits per heavy atom. The SMILES string of the molecule is CC(C)(C)OC(=O)N(CCC(=O)O)C(CC(=O)O)C(=O)O. The lowest BCUT2D eigenvalue weighted by atomic mass is 10.1. The maximum absolute atomic E-state index is 12.0. The average Bonchev–Trinajstić information content (AvgIpc) is 2.23. The fourth-order valence-corrected chi connectivity index (χ4v) is 1.41. The van der Waals surface area contributed by atoms with Crippen LogP contribution in [0.4, 0.5) is 4.79 Å². The van der Waals surface area contributed by atoms with Crippen LogP contribution in [0.25, 0.3) is 0 Å². The van der Waals surface area contributed by atoms with E-state index in [1.165, 1.54) is 0 Å². The van der Waals surface area contributed by atoms with Crippen molar-refractivity contribution in [2.75, 3.05) is 6.54 Å². The van der Waals surface area contributed by atoms with Crippen molar-refractivity contribution in [2.24, 2.45) is 0 Å². The van der Waals surface area contributed by atoms with Gasteiger partial charge in [0.15, 0.2) is 0 Å². The van der Waals surface area contributed by atoms with Crippen molar-refractivity contribution in [1.29, 1.82) is 0 Å². The van der Waals surface area contributed by atoms with Crippen LogP contribution in [0.5, 0.6) is 0 Å². The summed E-state index contributed by atoms with van der Waals surface area (Å²) in [7, 11) is 0. The molecule has 120 valence electrons. The average molecular weight is 305 g/mol. The van der Waals surface area contributed by atoms with Gasteiger partial charge in [-0.05, 0) is 20.8 Å². The molecule has 0 aliphatic heterocycles. The second-order valence-electron chi connectivity index (χ2n) is 5.27. The van der Waals surface area contributed by atoms with E-state index in [-0.39, 0.29) is 0 Å². The highest BCUT2D eigenvalue weighted by atomic mass is 16.6. The molecule has 1 amide bonds. The molecule has 0 bridgehead atoms. The van der Waals surface area contributed by atoms with Gasteiger partial charge in [-0.1, -0.05) is 0 Å². The van der Waals surface area contributed by atoms with Crippen LogP contribution in [0.1, 0.15) is 33.6 Å². The summed E-state index contributed by atoms with van der Waals surface area (Å²) in [4.78, 5) is 45.0. The van der Waals surface area contributed by atoms with E-state index < -0.39 is 55.0 Å². The molecule has 0 aromatic heterocycles. The van der Waals surface area contributed by atoms with Gasteiger partial charge >= 0.3 is 24.0 Å². The number of amides is 1. The molecule has 0 aromatic carbocycles. The van der Waals surface area contributed by atoms with E-state index in [4.69, 9.17) is 20.1 Å². The quantitative estimate of drug-likeness (QED) is 0.621. The molecule has 1 unspecified atom stereocenters.